The first-order valence-corrected chi connectivity index (χ1v) is 8.36. The van der Waals surface area contributed by atoms with E-state index in [0.717, 1.165) is 19.5 Å². The summed E-state index contributed by atoms with van der Waals surface area (Å²) in [5.74, 6) is 1.85. The van der Waals surface area contributed by atoms with E-state index in [1.165, 1.54) is 6.42 Å². The molecule has 0 spiro atoms. The lowest BCUT2D eigenvalue weighted by molar-refractivity contribution is 0.251. The Morgan fingerprint density at radius 1 is 1.44 bits per heavy atom. The highest BCUT2D eigenvalue weighted by atomic mass is 35.5. The molecule has 1 aliphatic rings. The molecule has 1 saturated heterocycles. The molecule has 96 valence electrons. The predicted molar refractivity (Wildman–Crippen MR) is 68.8 cm³/mol. The Hall–Kier alpha value is 0.200. The van der Waals surface area contributed by atoms with E-state index in [1.807, 2.05) is 0 Å². The molecule has 16 heavy (non-hydrogen) atoms. The van der Waals surface area contributed by atoms with Gasteiger partial charge in [0.1, 0.15) is 9.84 Å². The first kappa shape index (κ1) is 14.3. The van der Waals surface area contributed by atoms with Gasteiger partial charge in [0.15, 0.2) is 0 Å². The van der Waals surface area contributed by atoms with Crippen molar-refractivity contribution in [2.24, 2.45) is 5.92 Å². The molecule has 1 aliphatic heterocycles. The van der Waals surface area contributed by atoms with Crippen LogP contribution in [0.3, 0.4) is 0 Å². The molecule has 2 unspecified atom stereocenters. The van der Waals surface area contributed by atoms with Gasteiger partial charge in [0.2, 0.25) is 0 Å². The van der Waals surface area contributed by atoms with Crippen molar-refractivity contribution in [2.75, 3.05) is 30.5 Å². The molecule has 0 aromatic heterocycles. The molecule has 0 radical (unpaired) electrons. The third-order valence-electron chi connectivity index (χ3n) is 3.50. The van der Waals surface area contributed by atoms with Crippen LogP contribution in [0.25, 0.3) is 0 Å². The number of hydrogen-bond acceptors (Lipinski definition) is 3. The molecule has 0 aliphatic carbocycles. The van der Waals surface area contributed by atoms with Gasteiger partial charge in [-0.25, -0.2) is 8.42 Å². The van der Waals surface area contributed by atoms with Gasteiger partial charge in [-0.15, -0.1) is 11.6 Å². The van der Waals surface area contributed by atoms with Crippen LogP contribution in [0.4, 0.5) is 0 Å². The van der Waals surface area contributed by atoms with Gasteiger partial charge in [-0.3, -0.25) is 4.90 Å². The number of halogens is 1. The highest BCUT2D eigenvalue weighted by Crippen LogP contribution is 2.24. The summed E-state index contributed by atoms with van der Waals surface area (Å²) < 4.78 is 22.7. The molecule has 1 fully saturated rings. The van der Waals surface area contributed by atoms with E-state index in [-0.39, 0.29) is 5.75 Å². The summed E-state index contributed by atoms with van der Waals surface area (Å²) in [6.45, 7) is 5.84. The van der Waals surface area contributed by atoms with E-state index in [2.05, 4.69) is 11.8 Å². The second-order valence-electron chi connectivity index (χ2n) is 4.61. The molecular formula is C11H22ClNO2S. The largest absolute Gasteiger partial charge is 0.299 e. The van der Waals surface area contributed by atoms with Crippen molar-refractivity contribution in [3.63, 3.8) is 0 Å². The zero-order valence-corrected chi connectivity index (χ0v) is 11.7. The zero-order chi connectivity index (χ0) is 12.2. The van der Waals surface area contributed by atoms with Crippen LogP contribution in [0, 0.1) is 5.92 Å². The van der Waals surface area contributed by atoms with Crippen LogP contribution in [-0.4, -0.2) is 49.8 Å². The maximum absolute atomic E-state index is 11.3. The predicted octanol–water partition coefficient (Wildman–Crippen LogP) is 1.76. The van der Waals surface area contributed by atoms with Crippen LogP contribution in [-0.2, 0) is 9.84 Å². The van der Waals surface area contributed by atoms with Crippen molar-refractivity contribution >= 4 is 21.4 Å². The molecule has 2 atom stereocenters. The lowest BCUT2D eigenvalue weighted by Crippen LogP contribution is -2.35. The summed E-state index contributed by atoms with van der Waals surface area (Å²) in [6, 6.07) is 0.436. The van der Waals surface area contributed by atoms with Crippen LogP contribution >= 0.6 is 11.6 Å². The van der Waals surface area contributed by atoms with Crippen molar-refractivity contribution in [1.82, 2.24) is 4.90 Å². The minimum absolute atomic E-state index is 0.252. The highest BCUT2D eigenvalue weighted by Gasteiger charge is 2.29. The van der Waals surface area contributed by atoms with Gasteiger partial charge in [-0.05, 0) is 31.8 Å². The first-order chi connectivity index (χ1) is 7.50. The highest BCUT2D eigenvalue weighted by molar-refractivity contribution is 7.91. The van der Waals surface area contributed by atoms with Crippen molar-refractivity contribution in [3.8, 4) is 0 Å². The van der Waals surface area contributed by atoms with Crippen molar-refractivity contribution in [2.45, 2.75) is 32.7 Å². The smallest absolute Gasteiger partial charge is 0.150 e. The van der Waals surface area contributed by atoms with Crippen LogP contribution in [0.5, 0.6) is 0 Å². The molecule has 0 N–H and O–H groups in total. The van der Waals surface area contributed by atoms with Crippen molar-refractivity contribution in [3.05, 3.63) is 0 Å². The standard InChI is InChI=1S/C11H22ClNO2S/c1-3-16(14,15)8-4-6-13-7-5-10(2)11(13)9-12/h10-11H,3-9H2,1-2H3. The van der Waals surface area contributed by atoms with E-state index in [4.69, 9.17) is 11.6 Å². The summed E-state index contributed by atoms with van der Waals surface area (Å²) in [5, 5.41) is 0. The molecule has 1 heterocycles. The van der Waals surface area contributed by atoms with Gasteiger partial charge in [0, 0.05) is 17.7 Å². The van der Waals surface area contributed by atoms with Crippen LogP contribution in [0.15, 0.2) is 0 Å². The Kier molecular flexibility index (Phi) is 5.54. The quantitative estimate of drug-likeness (QED) is 0.689. The van der Waals surface area contributed by atoms with Gasteiger partial charge in [0.05, 0.1) is 5.75 Å². The fraction of sp³-hybridized carbons (Fsp3) is 1.00. The van der Waals surface area contributed by atoms with E-state index in [9.17, 15) is 8.42 Å². The minimum atomic E-state index is -2.81. The van der Waals surface area contributed by atoms with E-state index in [1.54, 1.807) is 6.92 Å². The normalized spacial score (nSPS) is 27.4. The molecule has 1 rings (SSSR count). The maximum Gasteiger partial charge on any atom is 0.150 e. The Morgan fingerprint density at radius 3 is 2.69 bits per heavy atom. The molecule has 0 aromatic carbocycles. The number of nitrogens with zero attached hydrogens (tertiary/aromatic N) is 1. The molecule has 3 nitrogen and oxygen atoms in total. The average Bonchev–Trinajstić information content (AvgIpc) is 2.59. The number of rotatable bonds is 6. The van der Waals surface area contributed by atoms with Crippen LogP contribution < -0.4 is 0 Å². The Morgan fingerprint density at radius 2 is 2.12 bits per heavy atom. The molecule has 5 heteroatoms. The van der Waals surface area contributed by atoms with Gasteiger partial charge in [0.25, 0.3) is 0 Å². The van der Waals surface area contributed by atoms with Crippen molar-refractivity contribution in [1.29, 1.82) is 0 Å². The topological polar surface area (TPSA) is 37.4 Å². The monoisotopic (exact) mass is 267 g/mol. The molecule has 0 bridgehead atoms. The fourth-order valence-corrected chi connectivity index (χ4v) is 3.60. The molecule has 0 amide bonds. The van der Waals surface area contributed by atoms with Crippen LogP contribution in [0.1, 0.15) is 26.7 Å². The third-order valence-corrected chi connectivity index (χ3v) is 5.60. The minimum Gasteiger partial charge on any atom is -0.299 e. The zero-order valence-electron chi connectivity index (χ0n) is 10.2. The van der Waals surface area contributed by atoms with E-state index >= 15 is 0 Å². The fourth-order valence-electron chi connectivity index (χ4n) is 2.25. The van der Waals surface area contributed by atoms with Crippen molar-refractivity contribution < 1.29 is 8.42 Å². The Bertz CT molecular complexity index is 305. The van der Waals surface area contributed by atoms with Crippen LogP contribution in [0.2, 0.25) is 0 Å². The molecule has 0 saturated carbocycles. The lowest BCUT2D eigenvalue weighted by Gasteiger charge is -2.24. The number of alkyl halides is 1. The summed E-state index contributed by atoms with van der Waals surface area (Å²) in [7, 11) is -2.81. The number of likely N-dealkylation sites (tertiary alicyclic amines) is 1. The third kappa shape index (κ3) is 3.90. The average molecular weight is 268 g/mol. The first-order valence-electron chi connectivity index (χ1n) is 6.00. The van der Waals surface area contributed by atoms with Gasteiger partial charge in [-0.2, -0.15) is 0 Å². The summed E-state index contributed by atoms with van der Waals surface area (Å²) in [4.78, 5) is 2.34. The summed E-state index contributed by atoms with van der Waals surface area (Å²) in [5.41, 5.74) is 0. The molecule has 0 aromatic rings. The maximum atomic E-state index is 11.3. The second-order valence-corrected chi connectivity index (χ2v) is 7.39. The van der Waals surface area contributed by atoms with Gasteiger partial charge < -0.3 is 0 Å². The molecular weight excluding hydrogens is 246 g/mol. The van der Waals surface area contributed by atoms with E-state index < -0.39 is 9.84 Å². The Labute approximate surface area is 104 Å². The lowest BCUT2D eigenvalue weighted by atomic mass is 10.1. The summed E-state index contributed by atoms with van der Waals surface area (Å²) >= 11 is 5.93. The van der Waals surface area contributed by atoms with Gasteiger partial charge >= 0.3 is 0 Å². The van der Waals surface area contributed by atoms with E-state index in [0.29, 0.717) is 23.6 Å². The number of hydrogen-bond donors (Lipinski definition) is 0. The van der Waals surface area contributed by atoms with Gasteiger partial charge in [-0.1, -0.05) is 13.8 Å². The SMILES string of the molecule is CCS(=O)(=O)CCCN1CCC(C)C1CCl. The number of sulfone groups is 1. The Balaban J connectivity index is 2.33. The second kappa shape index (κ2) is 6.22. The summed E-state index contributed by atoms with van der Waals surface area (Å²) in [6.07, 6.45) is 1.91.